The highest BCUT2D eigenvalue weighted by Gasteiger charge is 2.26. The van der Waals surface area contributed by atoms with Crippen LogP contribution in [-0.2, 0) is 25.6 Å². The number of carboxylic acids is 4. The van der Waals surface area contributed by atoms with Gasteiger partial charge in [-0.25, -0.2) is 0 Å². The van der Waals surface area contributed by atoms with E-state index < -0.39 is 47.9 Å². The lowest BCUT2D eigenvalue weighted by atomic mass is 10.0. The minimum absolute atomic E-state index is 0.0310. The first-order chi connectivity index (χ1) is 20.8. The Morgan fingerprint density at radius 1 is 0.773 bits per heavy atom. The van der Waals surface area contributed by atoms with Crippen molar-refractivity contribution in [2.24, 2.45) is 0 Å². The molecule has 0 aliphatic carbocycles. The molecule has 1 saturated heterocycles. The van der Waals surface area contributed by atoms with Gasteiger partial charge < -0.3 is 20.4 Å². The zero-order chi connectivity index (χ0) is 32.6. The Hall–Kier alpha value is -3.70. The first kappa shape index (κ1) is 36.5. The molecular weight excluding hydrogens is 580 g/mol. The summed E-state index contributed by atoms with van der Waals surface area (Å²) in [6.07, 6.45) is 1.53. The molecule has 1 aliphatic heterocycles. The van der Waals surface area contributed by atoms with E-state index in [-0.39, 0.29) is 18.8 Å². The number of nitro groups is 1. The molecule has 0 amide bonds. The van der Waals surface area contributed by atoms with Crippen LogP contribution in [0.1, 0.15) is 18.4 Å². The van der Waals surface area contributed by atoms with Crippen molar-refractivity contribution in [1.29, 1.82) is 0 Å². The molecule has 1 aliphatic rings. The lowest BCUT2D eigenvalue weighted by molar-refractivity contribution is -0.384. The van der Waals surface area contributed by atoms with Crippen molar-refractivity contribution in [1.82, 2.24) is 24.5 Å². The van der Waals surface area contributed by atoms with E-state index in [0.29, 0.717) is 78.2 Å². The van der Waals surface area contributed by atoms with Gasteiger partial charge >= 0.3 is 23.9 Å². The van der Waals surface area contributed by atoms with Crippen LogP contribution in [0.4, 0.5) is 5.69 Å². The van der Waals surface area contributed by atoms with Crippen LogP contribution in [0.3, 0.4) is 0 Å². The summed E-state index contributed by atoms with van der Waals surface area (Å²) in [5.74, 6) is -4.37. The number of carbonyl (C=O) groups is 4. The molecule has 2 rings (SSSR count). The Kier molecular flexibility index (Phi) is 15.6. The minimum atomic E-state index is -1.17. The molecule has 1 heterocycles. The molecule has 16 heteroatoms. The van der Waals surface area contributed by atoms with Crippen molar-refractivity contribution in [2.75, 3.05) is 85.1 Å². The van der Waals surface area contributed by atoms with E-state index >= 15 is 0 Å². The fourth-order valence-corrected chi connectivity index (χ4v) is 5.11. The number of carboxylic acid groups (broad SMARTS) is 4. The van der Waals surface area contributed by atoms with Crippen LogP contribution < -0.4 is 0 Å². The summed E-state index contributed by atoms with van der Waals surface area (Å²) in [5.41, 5.74) is 0.820. The Morgan fingerprint density at radius 3 is 1.68 bits per heavy atom. The molecule has 1 aromatic carbocycles. The zero-order valence-electron chi connectivity index (χ0n) is 24.7. The predicted molar refractivity (Wildman–Crippen MR) is 157 cm³/mol. The third-order valence-corrected chi connectivity index (χ3v) is 7.40. The van der Waals surface area contributed by atoms with Gasteiger partial charge in [0.1, 0.15) is 0 Å². The molecule has 0 aromatic heterocycles. The number of nitro benzene ring substituents is 1. The maximum absolute atomic E-state index is 11.7. The van der Waals surface area contributed by atoms with Crippen LogP contribution in [0.5, 0.6) is 0 Å². The van der Waals surface area contributed by atoms with Gasteiger partial charge in [-0.15, -0.1) is 0 Å². The Balaban J connectivity index is 2.23. The molecule has 16 nitrogen and oxygen atoms in total. The van der Waals surface area contributed by atoms with Gasteiger partial charge in [-0.3, -0.25) is 53.8 Å². The maximum Gasteiger partial charge on any atom is 0.317 e. The zero-order valence-corrected chi connectivity index (χ0v) is 24.7. The summed E-state index contributed by atoms with van der Waals surface area (Å²) in [6, 6.07) is 5.64. The number of hydrogen-bond acceptors (Lipinski definition) is 11. The molecule has 44 heavy (non-hydrogen) atoms. The smallest absolute Gasteiger partial charge is 0.317 e. The number of nitrogens with zero attached hydrogens (tertiary/aromatic N) is 6. The molecule has 0 spiro atoms. The molecule has 2 radical (unpaired) electrons. The molecule has 1 unspecified atom stereocenters. The topological polar surface area (TPSA) is 209 Å². The molecule has 0 bridgehead atoms. The molecule has 244 valence electrons. The van der Waals surface area contributed by atoms with Crippen LogP contribution in [0.25, 0.3) is 0 Å². The average Bonchev–Trinajstić information content (AvgIpc) is 2.93. The number of benzene rings is 1. The van der Waals surface area contributed by atoms with E-state index in [4.69, 9.17) is 7.05 Å². The van der Waals surface area contributed by atoms with Crippen LogP contribution in [-0.4, -0.2) is 165 Å². The van der Waals surface area contributed by atoms with Gasteiger partial charge in [0.2, 0.25) is 0 Å². The molecule has 1 aromatic rings. The lowest BCUT2D eigenvalue weighted by Gasteiger charge is -2.36. The molecule has 4 N–H and O–H groups in total. The van der Waals surface area contributed by atoms with Crippen LogP contribution in [0.15, 0.2) is 24.3 Å². The Labute approximate surface area is 256 Å². The summed E-state index contributed by atoms with van der Waals surface area (Å²) in [5, 5.41) is 48.7. The molecule has 1 atom stereocenters. The van der Waals surface area contributed by atoms with Gasteiger partial charge in [0, 0.05) is 84.1 Å². The molecule has 0 saturated carbocycles. The third kappa shape index (κ3) is 14.7. The van der Waals surface area contributed by atoms with Gasteiger partial charge in [0.15, 0.2) is 0 Å². The van der Waals surface area contributed by atoms with Crippen LogP contribution in [0.2, 0.25) is 0 Å². The third-order valence-electron chi connectivity index (χ3n) is 7.40. The number of rotatable bonds is 16. The monoisotopic (exact) mass is 622 g/mol. The number of hydrogen-bond donors (Lipinski definition) is 4. The average molecular weight is 623 g/mol. The van der Waals surface area contributed by atoms with Crippen LogP contribution >= 0.6 is 0 Å². The van der Waals surface area contributed by atoms with E-state index in [9.17, 15) is 49.7 Å². The van der Waals surface area contributed by atoms with Crippen molar-refractivity contribution in [3.05, 3.63) is 47.0 Å². The number of aryl methyl sites for hydroxylation is 1. The highest BCUT2D eigenvalue weighted by Crippen LogP contribution is 2.17. The lowest BCUT2D eigenvalue weighted by Crippen LogP contribution is -2.51. The maximum atomic E-state index is 11.7. The quantitative estimate of drug-likeness (QED) is 0.139. The Morgan fingerprint density at radius 2 is 1.23 bits per heavy atom. The van der Waals surface area contributed by atoms with Crippen LogP contribution in [0, 0.1) is 17.2 Å². The Bertz CT molecular complexity index is 1090. The van der Waals surface area contributed by atoms with E-state index in [0.717, 1.165) is 5.56 Å². The summed E-state index contributed by atoms with van der Waals surface area (Å²) >= 11 is 0. The van der Waals surface area contributed by atoms with Crippen molar-refractivity contribution >= 4 is 29.6 Å². The predicted octanol–water partition coefficient (Wildman–Crippen LogP) is -0.183. The summed E-state index contributed by atoms with van der Waals surface area (Å²) < 4.78 is 0. The van der Waals surface area contributed by atoms with Gasteiger partial charge in [-0.1, -0.05) is 12.1 Å². The molecular formula is C28H42N6O10. The molecule has 1 fully saturated rings. The van der Waals surface area contributed by atoms with Crippen molar-refractivity contribution in [2.45, 2.75) is 25.3 Å². The summed E-state index contributed by atoms with van der Waals surface area (Å²) in [6.45, 7) is 1.72. The summed E-state index contributed by atoms with van der Waals surface area (Å²) in [4.78, 5) is 65.1. The fourth-order valence-electron chi connectivity index (χ4n) is 5.11. The highest BCUT2D eigenvalue weighted by atomic mass is 16.6. The number of non-ortho nitro benzene ring substituents is 1. The SMILES string of the molecule is [CH]N1CCN(CC(=O)O)CCN(CC(=O)O)CCN(CC(CCCc2ccc([N+](=O)[O-])cc2)N(CC(=O)O)CC(=O)O)CC1. The van der Waals surface area contributed by atoms with E-state index in [1.165, 1.54) is 17.0 Å². The fraction of sp³-hybridized carbons (Fsp3) is 0.607. The second kappa shape index (κ2) is 18.9. The van der Waals surface area contributed by atoms with Crippen molar-refractivity contribution in [3.63, 3.8) is 0 Å². The second-order valence-electron chi connectivity index (χ2n) is 10.8. The minimum Gasteiger partial charge on any atom is -0.480 e. The van der Waals surface area contributed by atoms with Crippen molar-refractivity contribution < 1.29 is 44.5 Å². The first-order valence-corrected chi connectivity index (χ1v) is 14.3. The van der Waals surface area contributed by atoms with E-state index in [1.54, 1.807) is 26.8 Å². The summed E-state index contributed by atoms with van der Waals surface area (Å²) in [7, 11) is 6.20. The highest BCUT2D eigenvalue weighted by molar-refractivity contribution is 5.72. The first-order valence-electron chi connectivity index (χ1n) is 14.3. The normalized spacial score (nSPS) is 17.4. The van der Waals surface area contributed by atoms with Gasteiger partial charge in [0.25, 0.3) is 5.69 Å². The van der Waals surface area contributed by atoms with Gasteiger partial charge in [-0.05, 0) is 24.8 Å². The second-order valence-corrected chi connectivity index (χ2v) is 10.8. The van der Waals surface area contributed by atoms with Gasteiger partial charge in [-0.2, -0.15) is 0 Å². The van der Waals surface area contributed by atoms with E-state index in [1.807, 2.05) is 4.90 Å². The largest absolute Gasteiger partial charge is 0.480 e. The van der Waals surface area contributed by atoms with E-state index in [2.05, 4.69) is 0 Å². The van der Waals surface area contributed by atoms with Crippen molar-refractivity contribution in [3.8, 4) is 0 Å². The van der Waals surface area contributed by atoms with Gasteiger partial charge in [0.05, 0.1) is 31.1 Å². The standard InChI is InChI=1S/C28H42N6O10/c1-29-9-11-30(13-14-32(19-26(37)38)16-15-31(12-10-29)18-25(35)36)17-24(33(20-27(39)40)21-28(41)42)4-2-3-22-5-7-23(8-6-22)34(43)44/h1,5-8,24H,2-4,9-21H2,(H,35,36)(H,37,38)(H,39,40)(H,41,42). The number of aliphatic carboxylic acids is 4.